The zero-order chi connectivity index (χ0) is 16.5. The van der Waals surface area contributed by atoms with Gasteiger partial charge in [0.15, 0.2) is 6.10 Å². The molecule has 21 heavy (non-hydrogen) atoms. The maximum atomic E-state index is 11.3. The largest absolute Gasteiger partial charge is 0.464 e. The van der Waals surface area contributed by atoms with Crippen molar-refractivity contribution in [3.05, 3.63) is 12.2 Å². The molecule has 0 aliphatic rings. The maximum absolute atomic E-state index is 11.3. The number of carbonyl (C=O) groups excluding carboxylic acids is 1. The quantitative estimate of drug-likeness (QED) is 0.208. The summed E-state index contributed by atoms with van der Waals surface area (Å²) in [5.41, 5.74) is 0.643. The summed E-state index contributed by atoms with van der Waals surface area (Å²) >= 11 is 0. The van der Waals surface area contributed by atoms with Crippen molar-refractivity contribution in [1.29, 1.82) is 0 Å². The third-order valence-corrected chi connectivity index (χ3v) is 4.69. The molecule has 0 unspecified atom stereocenters. The first-order valence-corrected chi connectivity index (χ1v) is 11.1. The fraction of sp³-hybridized carbons (Fsp3) is 0.800. The van der Waals surface area contributed by atoms with Crippen molar-refractivity contribution in [1.82, 2.24) is 0 Å². The third-order valence-electron chi connectivity index (χ3n) is 2.99. The highest BCUT2D eigenvalue weighted by atomic mass is 28.3. The van der Waals surface area contributed by atoms with Crippen LogP contribution < -0.4 is 0 Å². The molecule has 0 rings (SSSR count). The van der Waals surface area contributed by atoms with Crippen LogP contribution >= 0.6 is 0 Å². The van der Waals surface area contributed by atoms with Crippen LogP contribution in [-0.4, -0.2) is 51.4 Å². The highest BCUT2D eigenvalue weighted by Crippen LogP contribution is 2.13. The van der Waals surface area contributed by atoms with Gasteiger partial charge in [-0.2, -0.15) is 0 Å². The van der Waals surface area contributed by atoms with Gasteiger partial charge in [-0.15, -0.1) is 0 Å². The number of hydrogen-bond acceptors (Lipinski definition) is 5. The predicted molar refractivity (Wildman–Crippen MR) is 85.9 cm³/mol. The number of esters is 1. The number of hydrogen-bond donors (Lipinski definition) is 1. The number of ether oxygens (including phenoxy) is 3. The molecule has 0 aromatic carbocycles. The Labute approximate surface area is 129 Å². The molecule has 5 nitrogen and oxygen atoms in total. The molecule has 0 fully saturated rings. The molecule has 0 radical (unpaired) electrons. The van der Waals surface area contributed by atoms with Crippen molar-refractivity contribution in [2.24, 2.45) is 0 Å². The van der Waals surface area contributed by atoms with Gasteiger partial charge in [0.2, 0.25) is 0 Å². The fourth-order valence-corrected chi connectivity index (χ4v) is 2.20. The average Bonchev–Trinajstić information content (AvgIpc) is 2.36. The van der Waals surface area contributed by atoms with E-state index in [-0.39, 0.29) is 25.9 Å². The summed E-state index contributed by atoms with van der Waals surface area (Å²) in [6.45, 7) is 15.4. The molecular weight excluding hydrogens is 288 g/mol. The van der Waals surface area contributed by atoms with Gasteiger partial charge in [-0.25, -0.2) is 4.79 Å². The summed E-state index contributed by atoms with van der Waals surface area (Å²) in [6.07, 6.45) is -1.33. The Morgan fingerprint density at radius 3 is 2.48 bits per heavy atom. The van der Waals surface area contributed by atoms with Gasteiger partial charge in [0.1, 0.15) is 6.79 Å². The summed E-state index contributed by atoms with van der Waals surface area (Å²) in [5, 5.41) is 9.65. The number of aliphatic hydroxyl groups excluding tert-OH is 1. The van der Waals surface area contributed by atoms with Crippen molar-refractivity contribution in [2.75, 3.05) is 20.0 Å². The monoisotopic (exact) mass is 318 g/mol. The van der Waals surface area contributed by atoms with E-state index in [0.717, 1.165) is 6.04 Å². The standard InChI is InChI=1S/C15H30O5Si/c1-7-19-15(17)14(16)10-12(2)13(3)20-11-18-8-9-21(4,5)6/h13-14,16H,2,7-11H2,1,3-6H3/t13-,14+/m1/s1. The van der Waals surface area contributed by atoms with Crippen molar-refractivity contribution >= 4 is 14.0 Å². The van der Waals surface area contributed by atoms with Crippen LogP contribution in [-0.2, 0) is 19.0 Å². The molecule has 0 aliphatic carbocycles. The van der Waals surface area contributed by atoms with Crippen LogP contribution in [0.5, 0.6) is 0 Å². The molecule has 0 saturated carbocycles. The lowest BCUT2D eigenvalue weighted by Crippen LogP contribution is -2.26. The minimum Gasteiger partial charge on any atom is -0.464 e. The van der Waals surface area contributed by atoms with Gasteiger partial charge in [0.05, 0.1) is 12.7 Å². The highest BCUT2D eigenvalue weighted by Gasteiger charge is 2.20. The molecule has 2 atom stereocenters. The number of carbonyl (C=O) groups is 1. The average molecular weight is 318 g/mol. The van der Waals surface area contributed by atoms with Gasteiger partial charge in [-0.05, 0) is 25.5 Å². The van der Waals surface area contributed by atoms with E-state index in [9.17, 15) is 9.90 Å². The highest BCUT2D eigenvalue weighted by molar-refractivity contribution is 6.76. The summed E-state index contributed by atoms with van der Waals surface area (Å²) < 4.78 is 15.7. The molecule has 0 amide bonds. The second-order valence-corrected chi connectivity index (χ2v) is 11.9. The predicted octanol–water partition coefficient (Wildman–Crippen LogP) is 2.57. The Balaban J connectivity index is 3.87. The van der Waals surface area contributed by atoms with Gasteiger partial charge in [0, 0.05) is 21.1 Å². The zero-order valence-electron chi connectivity index (χ0n) is 14.0. The lowest BCUT2D eigenvalue weighted by atomic mass is 10.1. The molecule has 0 aromatic heterocycles. The van der Waals surface area contributed by atoms with Crippen molar-refractivity contribution in [3.8, 4) is 0 Å². The maximum Gasteiger partial charge on any atom is 0.335 e. The summed E-state index contributed by atoms with van der Waals surface area (Å²) in [5.74, 6) is -0.628. The number of rotatable bonds is 11. The topological polar surface area (TPSA) is 65.0 Å². The van der Waals surface area contributed by atoms with E-state index in [2.05, 4.69) is 26.2 Å². The SMILES string of the molecule is C=C(C[C@H](O)C(=O)OCC)[C@@H](C)OCOCC[Si](C)(C)C. The Kier molecular flexibility index (Phi) is 9.77. The molecule has 6 heteroatoms. The summed E-state index contributed by atoms with van der Waals surface area (Å²) in [4.78, 5) is 11.3. The first-order chi connectivity index (χ1) is 9.67. The Hall–Kier alpha value is -0.693. The van der Waals surface area contributed by atoms with Gasteiger partial charge >= 0.3 is 5.97 Å². The van der Waals surface area contributed by atoms with E-state index in [1.165, 1.54) is 0 Å². The van der Waals surface area contributed by atoms with E-state index >= 15 is 0 Å². The number of aliphatic hydroxyl groups is 1. The minimum atomic E-state index is -1.18. The van der Waals surface area contributed by atoms with Gasteiger partial charge in [0.25, 0.3) is 0 Å². The third kappa shape index (κ3) is 10.6. The van der Waals surface area contributed by atoms with Crippen LogP contribution in [0.2, 0.25) is 25.7 Å². The van der Waals surface area contributed by atoms with Crippen molar-refractivity contribution in [3.63, 3.8) is 0 Å². The van der Waals surface area contributed by atoms with Gasteiger partial charge in [-0.1, -0.05) is 26.2 Å². The van der Waals surface area contributed by atoms with Crippen LogP contribution in [0.3, 0.4) is 0 Å². The molecule has 124 valence electrons. The minimum absolute atomic E-state index is 0.134. The Bertz CT molecular complexity index is 325. The first kappa shape index (κ1) is 20.3. The van der Waals surface area contributed by atoms with Crippen molar-refractivity contribution in [2.45, 2.75) is 58.2 Å². The summed E-state index contributed by atoms with van der Waals surface area (Å²) in [7, 11) is -1.08. The van der Waals surface area contributed by atoms with E-state index < -0.39 is 20.1 Å². The van der Waals surface area contributed by atoms with E-state index in [1.807, 2.05) is 6.92 Å². The van der Waals surface area contributed by atoms with Crippen LogP contribution in [0.1, 0.15) is 20.3 Å². The molecule has 0 saturated heterocycles. The van der Waals surface area contributed by atoms with Gasteiger partial charge in [-0.3, -0.25) is 0 Å². The van der Waals surface area contributed by atoms with Crippen LogP contribution in [0.25, 0.3) is 0 Å². The van der Waals surface area contributed by atoms with Crippen LogP contribution in [0, 0.1) is 0 Å². The molecular formula is C15H30O5Si. The van der Waals surface area contributed by atoms with E-state index in [0.29, 0.717) is 12.2 Å². The van der Waals surface area contributed by atoms with Crippen LogP contribution in [0.4, 0.5) is 0 Å². The Morgan fingerprint density at radius 2 is 1.95 bits per heavy atom. The lowest BCUT2D eigenvalue weighted by Gasteiger charge is -2.19. The summed E-state index contributed by atoms with van der Waals surface area (Å²) in [6, 6.07) is 1.09. The van der Waals surface area contributed by atoms with Crippen molar-refractivity contribution < 1.29 is 24.1 Å². The lowest BCUT2D eigenvalue weighted by molar-refractivity contribution is -0.153. The second-order valence-electron chi connectivity index (χ2n) is 6.28. The fourth-order valence-electron chi connectivity index (χ4n) is 1.44. The smallest absolute Gasteiger partial charge is 0.335 e. The van der Waals surface area contributed by atoms with E-state index in [4.69, 9.17) is 14.2 Å². The Morgan fingerprint density at radius 1 is 1.33 bits per heavy atom. The molecule has 0 aromatic rings. The second kappa shape index (κ2) is 10.1. The van der Waals surface area contributed by atoms with Crippen LogP contribution in [0.15, 0.2) is 12.2 Å². The molecule has 0 spiro atoms. The molecule has 1 N–H and O–H groups in total. The molecule has 0 bridgehead atoms. The zero-order valence-corrected chi connectivity index (χ0v) is 15.0. The molecule has 0 heterocycles. The molecule has 0 aliphatic heterocycles. The van der Waals surface area contributed by atoms with Gasteiger partial charge < -0.3 is 19.3 Å². The first-order valence-electron chi connectivity index (χ1n) is 7.39. The normalized spacial score (nSPS) is 14.6. The van der Waals surface area contributed by atoms with E-state index in [1.54, 1.807) is 6.92 Å².